The summed E-state index contributed by atoms with van der Waals surface area (Å²) in [5.41, 5.74) is 18.1. The van der Waals surface area contributed by atoms with Gasteiger partial charge in [-0.3, -0.25) is 0 Å². The average Bonchev–Trinajstić information content (AvgIpc) is 3.67. The smallest absolute Gasteiger partial charge is 0.0560 e. The van der Waals surface area contributed by atoms with Gasteiger partial charge in [0.2, 0.25) is 0 Å². The van der Waals surface area contributed by atoms with E-state index in [9.17, 15) is 0 Å². The second-order valence-corrected chi connectivity index (χ2v) is 15.3. The third-order valence-corrected chi connectivity index (χ3v) is 11.9. The van der Waals surface area contributed by atoms with Crippen molar-refractivity contribution >= 4 is 28.3 Å². The molecule has 0 radical (unpaired) electrons. The van der Waals surface area contributed by atoms with Crippen LogP contribution in [0.5, 0.6) is 0 Å². The maximum atomic E-state index is 2.54. The van der Waals surface area contributed by atoms with Crippen LogP contribution in [0, 0.1) is 0 Å². The average molecular weight is 683 g/mol. The van der Waals surface area contributed by atoms with Crippen molar-refractivity contribution < 1.29 is 0 Å². The lowest BCUT2D eigenvalue weighted by Crippen LogP contribution is -2.30. The van der Waals surface area contributed by atoms with Crippen LogP contribution in [0.15, 0.2) is 188 Å². The summed E-state index contributed by atoms with van der Waals surface area (Å²) in [6, 6.07) is 54.0. The SMILES string of the molecule is CC1(C)c2cc(N3C4=CC=CCC4c4ccccc43)ccc2-c2ccc(N(c3ccc(-c4ccccc4)cc3)C3C=CC(c4ccccc4)=CC3)cc21. The highest BCUT2D eigenvalue weighted by Crippen LogP contribution is 2.55. The Morgan fingerprint density at radius 3 is 2.04 bits per heavy atom. The predicted molar refractivity (Wildman–Crippen MR) is 223 cm³/mol. The fourth-order valence-electron chi connectivity index (χ4n) is 9.17. The van der Waals surface area contributed by atoms with Crippen molar-refractivity contribution in [1.82, 2.24) is 0 Å². The molecule has 0 saturated heterocycles. The molecular formula is C51H42N2. The number of hydrogen-bond donors (Lipinski definition) is 0. The molecule has 256 valence electrons. The Kier molecular flexibility index (Phi) is 7.47. The minimum atomic E-state index is -0.165. The second kappa shape index (κ2) is 12.5. The maximum Gasteiger partial charge on any atom is 0.0560 e. The molecule has 2 unspecified atom stereocenters. The lowest BCUT2D eigenvalue weighted by atomic mass is 9.82. The van der Waals surface area contributed by atoms with E-state index < -0.39 is 0 Å². The zero-order valence-electron chi connectivity index (χ0n) is 30.3. The first kappa shape index (κ1) is 31.6. The van der Waals surface area contributed by atoms with Crippen LogP contribution in [0.1, 0.15) is 54.9 Å². The van der Waals surface area contributed by atoms with Crippen LogP contribution in [0.2, 0.25) is 0 Å². The van der Waals surface area contributed by atoms with Crippen molar-refractivity contribution in [2.24, 2.45) is 0 Å². The van der Waals surface area contributed by atoms with Crippen molar-refractivity contribution in [2.75, 3.05) is 9.80 Å². The molecule has 0 aromatic heterocycles. The summed E-state index contributed by atoms with van der Waals surface area (Å²) in [6.45, 7) is 4.81. The van der Waals surface area contributed by atoms with Gasteiger partial charge in [-0.25, -0.2) is 0 Å². The molecule has 1 aliphatic heterocycles. The Balaban J connectivity index is 1.03. The minimum Gasteiger partial charge on any atom is -0.334 e. The quantitative estimate of drug-likeness (QED) is 0.173. The van der Waals surface area contributed by atoms with Crippen LogP contribution in [0.25, 0.3) is 27.8 Å². The normalized spacial score (nSPS) is 18.8. The monoisotopic (exact) mass is 682 g/mol. The molecule has 1 heterocycles. The van der Waals surface area contributed by atoms with Gasteiger partial charge in [0.1, 0.15) is 0 Å². The topological polar surface area (TPSA) is 6.48 Å². The molecule has 53 heavy (non-hydrogen) atoms. The number of para-hydroxylation sites is 1. The number of anilines is 4. The summed E-state index contributed by atoms with van der Waals surface area (Å²) >= 11 is 0. The van der Waals surface area contributed by atoms with Crippen molar-refractivity contribution in [3.63, 3.8) is 0 Å². The number of rotatable bonds is 6. The van der Waals surface area contributed by atoms with Gasteiger partial charge in [-0.1, -0.05) is 147 Å². The van der Waals surface area contributed by atoms with Crippen molar-refractivity contribution in [2.45, 2.75) is 44.1 Å². The van der Waals surface area contributed by atoms with E-state index in [1.807, 2.05) is 0 Å². The molecule has 0 amide bonds. The first-order valence-electron chi connectivity index (χ1n) is 19.0. The molecule has 10 rings (SSSR count). The van der Waals surface area contributed by atoms with Crippen molar-refractivity contribution in [1.29, 1.82) is 0 Å². The van der Waals surface area contributed by atoms with E-state index in [0.29, 0.717) is 5.92 Å². The van der Waals surface area contributed by atoms with E-state index in [1.165, 1.54) is 78.5 Å². The van der Waals surface area contributed by atoms with E-state index in [2.05, 4.69) is 206 Å². The van der Waals surface area contributed by atoms with Crippen molar-refractivity contribution in [3.8, 4) is 22.3 Å². The van der Waals surface area contributed by atoms with E-state index in [1.54, 1.807) is 0 Å². The lowest BCUT2D eigenvalue weighted by molar-refractivity contribution is 0.659. The first-order chi connectivity index (χ1) is 26.0. The Hall–Kier alpha value is -6.12. The number of nitrogens with zero attached hydrogens (tertiary/aromatic N) is 2. The Morgan fingerprint density at radius 1 is 0.623 bits per heavy atom. The zero-order valence-corrected chi connectivity index (χ0v) is 30.3. The van der Waals surface area contributed by atoms with E-state index >= 15 is 0 Å². The second-order valence-electron chi connectivity index (χ2n) is 15.3. The molecule has 4 aliphatic rings. The molecule has 6 aromatic rings. The predicted octanol–water partition coefficient (Wildman–Crippen LogP) is 13.3. The van der Waals surface area contributed by atoms with Crippen LogP contribution < -0.4 is 9.80 Å². The van der Waals surface area contributed by atoms with E-state index in [-0.39, 0.29) is 11.5 Å². The van der Waals surface area contributed by atoms with Gasteiger partial charge in [-0.05, 0) is 111 Å². The number of hydrogen-bond acceptors (Lipinski definition) is 2. The van der Waals surface area contributed by atoms with E-state index in [0.717, 1.165) is 12.8 Å². The van der Waals surface area contributed by atoms with Gasteiger partial charge in [0, 0.05) is 39.8 Å². The fraction of sp³-hybridized carbons (Fsp3) is 0.137. The summed E-state index contributed by atoms with van der Waals surface area (Å²) in [6.07, 6.45) is 15.9. The fourth-order valence-corrected chi connectivity index (χ4v) is 9.17. The highest BCUT2D eigenvalue weighted by molar-refractivity contribution is 5.88. The van der Waals surface area contributed by atoms with Crippen LogP contribution in [0.3, 0.4) is 0 Å². The van der Waals surface area contributed by atoms with Crippen molar-refractivity contribution in [3.05, 3.63) is 210 Å². The lowest BCUT2D eigenvalue weighted by Gasteiger charge is -2.34. The Morgan fingerprint density at radius 2 is 1.28 bits per heavy atom. The van der Waals surface area contributed by atoms with Gasteiger partial charge in [-0.2, -0.15) is 0 Å². The van der Waals surface area contributed by atoms with Gasteiger partial charge in [0.15, 0.2) is 0 Å². The number of benzene rings is 6. The molecule has 2 heteroatoms. The maximum absolute atomic E-state index is 2.54. The van der Waals surface area contributed by atoms with Crippen LogP contribution in [-0.2, 0) is 5.41 Å². The first-order valence-corrected chi connectivity index (χ1v) is 19.0. The summed E-state index contributed by atoms with van der Waals surface area (Å²) in [4.78, 5) is 5.04. The summed E-state index contributed by atoms with van der Waals surface area (Å²) < 4.78 is 0. The Bertz CT molecular complexity index is 2480. The minimum absolute atomic E-state index is 0.165. The van der Waals surface area contributed by atoms with Gasteiger partial charge >= 0.3 is 0 Å². The molecule has 0 N–H and O–H groups in total. The van der Waals surface area contributed by atoms with Gasteiger partial charge < -0.3 is 9.80 Å². The van der Waals surface area contributed by atoms with Gasteiger partial charge in [-0.15, -0.1) is 0 Å². The molecule has 3 aliphatic carbocycles. The molecule has 0 spiro atoms. The van der Waals surface area contributed by atoms with Gasteiger partial charge in [0.05, 0.1) is 6.04 Å². The molecular weight excluding hydrogens is 641 g/mol. The zero-order chi connectivity index (χ0) is 35.5. The molecule has 0 fully saturated rings. The van der Waals surface area contributed by atoms with Crippen LogP contribution in [0.4, 0.5) is 22.7 Å². The van der Waals surface area contributed by atoms with E-state index in [4.69, 9.17) is 0 Å². The summed E-state index contributed by atoms with van der Waals surface area (Å²) in [5, 5.41) is 0. The standard InChI is InChI=1S/C51H42N2/c1-51(2)47-33-41(29-31-43(47)44-32-30-42(34-48(44)51)53-49-19-11-9-17-45(49)46-18-10-12-20-50(46)53)52(39-25-21-37(22-26-39)35-13-5-3-6-14-35)40-27-23-38(24-28-40)36-15-7-4-8-16-36/h3-17,19-27,29-34,40,46H,18,28H2,1-2H3. The Labute approximate surface area is 313 Å². The highest BCUT2D eigenvalue weighted by Gasteiger charge is 2.39. The highest BCUT2D eigenvalue weighted by atomic mass is 15.2. The molecule has 6 aromatic carbocycles. The van der Waals surface area contributed by atoms with Crippen LogP contribution >= 0.6 is 0 Å². The van der Waals surface area contributed by atoms with Crippen LogP contribution in [-0.4, -0.2) is 6.04 Å². The summed E-state index contributed by atoms with van der Waals surface area (Å²) in [5.74, 6) is 0.414. The third-order valence-electron chi connectivity index (χ3n) is 11.9. The molecule has 0 bridgehead atoms. The molecule has 2 atom stereocenters. The number of fused-ring (bicyclic) bond motifs is 6. The molecule has 0 saturated carbocycles. The van der Waals surface area contributed by atoms with Gasteiger partial charge in [0.25, 0.3) is 0 Å². The molecule has 2 nitrogen and oxygen atoms in total. The summed E-state index contributed by atoms with van der Waals surface area (Å²) in [7, 11) is 0. The third kappa shape index (κ3) is 5.24. The largest absolute Gasteiger partial charge is 0.334 e. The number of allylic oxidation sites excluding steroid dienone is 6.